The number of piperazine rings is 1. The zero-order valence-electron chi connectivity index (χ0n) is 15.3. The summed E-state index contributed by atoms with van der Waals surface area (Å²) in [6.45, 7) is 3.65. The van der Waals surface area contributed by atoms with Crippen molar-refractivity contribution < 1.29 is 9.18 Å². The zero-order chi connectivity index (χ0) is 19.5. The van der Waals surface area contributed by atoms with Crippen LogP contribution in [0.25, 0.3) is 11.1 Å². The Morgan fingerprint density at radius 2 is 1.86 bits per heavy atom. The number of thiazole rings is 1. The van der Waals surface area contributed by atoms with Gasteiger partial charge in [-0.1, -0.05) is 29.5 Å². The molecule has 5 nitrogen and oxygen atoms in total. The van der Waals surface area contributed by atoms with E-state index in [1.54, 1.807) is 24.4 Å². The van der Waals surface area contributed by atoms with Gasteiger partial charge in [0, 0.05) is 38.3 Å². The average Bonchev–Trinajstić information content (AvgIpc) is 3.21. The molecule has 3 aromatic rings. The Kier molecular flexibility index (Phi) is 5.36. The Labute approximate surface area is 167 Å². The molecule has 0 spiro atoms. The number of hydrogen-bond acceptors (Lipinski definition) is 6. The van der Waals surface area contributed by atoms with Crippen LogP contribution < -0.4 is 16.0 Å². The van der Waals surface area contributed by atoms with E-state index >= 15 is 0 Å². The van der Waals surface area contributed by atoms with Gasteiger partial charge in [-0.05, 0) is 41.0 Å². The lowest BCUT2D eigenvalue weighted by Gasteiger charge is -2.26. The van der Waals surface area contributed by atoms with E-state index < -0.39 is 0 Å². The predicted molar refractivity (Wildman–Crippen MR) is 111 cm³/mol. The van der Waals surface area contributed by atoms with E-state index in [0.29, 0.717) is 10.6 Å². The summed E-state index contributed by atoms with van der Waals surface area (Å²) < 4.78 is 13.2. The monoisotopic (exact) mass is 396 g/mol. The van der Waals surface area contributed by atoms with Gasteiger partial charge >= 0.3 is 0 Å². The Balaban J connectivity index is 1.52. The van der Waals surface area contributed by atoms with E-state index in [9.17, 15) is 9.18 Å². The van der Waals surface area contributed by atoms with Gasteiger partial charge in [-0.25, -0.2) is 9.37 Å². The van der Waals surface area contributed by atoms with E-state index in [2.05, 4.69) is 15.2 Å². The number of halogens is 1. The highest BCUT2D eigenvalue weighted by atomic mass is 32.1. The van der Waals surface area contributed by atoms with Crippen LogP contribution in [0.2, 0.25) is 0 Å². The van der Waals surface area contributed by atoms with Gasteiger partial charge in [-0.3, -0.25) is 4.79 Å². The summed E-state index contributed by atoms with van der Waals surface area (Å²) in [5, 5.41) is 4.20. The first kappa shape index (κ1) is 18.6. The number of hydrogen-bond donors (Lipinski definition) is 2. The minimum Gasteiger partial charge on any atom is -0.398 e. The normalized spacial score (nSPS) is 14.2. The van der Waals surface area contributed by atoms with Crippen LogP contribution in [0.1, 0.15) is 15.2 Å². The highest BCUT2D eigenvalue weighted by Crippen LogP contribution is 2.27. The first-order chi connectivity index (χ1) is 13.6. The molecule has 0 atom stereocenters. The van der Waals surface area contributed by atoms with Crippen LogP contribution in [0, 0.1) is 5.82 Å². The molecule has 2 aromatic carbocycles. The van der Waals surface area contributed by atoms with E-state index in [4.69, 9.17) is 5.73 Å². The third kappa shape index (κ3) is 4.05. The highest BCUT2D eigenvalue weighted by Gasteiger charge is 2.18. The van der Waals surface area contributed by atoms with Crippen LogP contribution in [-0.4, -0.2) is 36.9 Å². The smallest absolute Gasteiger partial charge is 0.186 e. The SMILES string of the molecule is Nc1ccc(-c2ccc(F)cc2)cc1CC(=O)c1cnc(N2CCNCC2)s1. The molecule has 1 aliphatic heterocycles. The van der Waals surface area contributed by atoms with Gasteiger partial charge in [0.2, 0.25) is 0 Å². The van der Waals surface area contributed by atoms with Crippen LogP contribution in [0.15, 0.2) is 48.7 Å². The summed E-state index contributed by atoms with van der Waals surface area (Å²) in [6.07, 6.45) is 1.87. The Bertz CT molecular complexity index is 980. The number of carbonyl (C=O) groups excluding carboxylic acids is 1. The lowest BCUT2D eigenvalue weighted by atomic mass is 9.99. The van der Waals surface area contributed by atoms with Crippen LogP contribution in [0.4, 0.5) is 15.2 Å². The number of anilines is 2. The van der Waals surface area contributed by atoms with Crippen molar-refractivity contribution in [3.63, 3.8) is 0 Å². The van der Waals surface area contributed by atoms with Crippen molar-refractivity contribution in [2.75, 3.05) is 36.8 Å². The van der Waals surface area contributed by atoms with Crippen molar-refractivity contribution in [2.45, 2.75) is 6.42 Å². The van der Waals surface area contributed by atoms with E-state index in [1.807, 2.05) is 12.1 Å². The van der Waals surface area contributed by atoms with Crippen LogP contribution in [0.5, 0.6) is 0 Å². The molecule has 7 heteroatoms. The molecule has 0 bridgehead atoms. The fraction of sp³-hybridized carbons (Fsp3) is 0.238. The van der Waals surface area contributed by atoms with E-state index in [-0.39, 0.29) is 18.0 Å². The molecule has 28 heavy (non-hydrogen) atoms. The molecule has 0 radical (unpaired) electrons. The summed E-state index contributed by atoms with van der Waals surface area (Å²) in [4.78, 5) is 20.1. The average molecular weight is 396 g/mol. The van der Waals surface area contributed by atoms with Gasteiger partial charge in [0.25, 0.3) is 0 Å². The molecule has 1 aliphatic rings. The van der Waals surface area contributed by atoms with Gasteiger partial charge in [-0.15, -0.1) is 0 Å². The highest BCUT2D eigenvalue weighted by molar-refractivity contribution is 7.17. The summed E-state index contributed by atoms with van der Waals surface area (Å²) in [5.74, 6) is -0.276. The number of nitrogens with two attached hydrogens (primary N) is 1. The van der Waals surface area contributed by atoms with Crippen molar-refractivity contribution in [1.82, 2.24) is 10.3 Å². The maximum Gasteiger partial charge on any atom is 0.186 e. The minimum absolute atomic E-state index is 0.00170. The molecular formula is C21H21FN4OS. The molecule has 0 saturated carbocycles. The summed E-state index contributed by atoms with van der Waals surface area (Å²) >= 11 is 1.43. The van der Waals surface area contributed by atoms with Crippen LogP contribution in [-0.2, 0) is 6.42 Å². The third-order valence-corrected chi connectivity index (χ3v) is 5.93. The zero-order valence-corrected chi connectivity index (χ0v) is 16.1. The van der Waals surface area contributed by atoms with E-state index in [0.717, 1.165) is 48.0 Å². The standard InChI is InChI=1S/C21H21FN4OS/c22-17-4-1-14(2-5-17)15-3-6-18(23)16(11-15)12-19(27)20-13-25-21(28-20)26-9-7-24-8-10-26/h1-6,11,13,24H,7-10,12,23H2. The van der Waals surface area contributed by atoms with Crippen LogP contribution in [0.3, 0.4) is 0 Å². The number of nitrogen functional groups attached to an aromatic ring is 1. The van der Waals surface area contributed by atoms with Crippen molar-refractivity contribution >= 4 is 27.9 Å². The Morgan fingerprint density at radius 3 is 2.61 bits per heavy atom. The molecule has 1 fully saturated rings. The lowest BCUT2D eigenvalue weighted by Crippen LogP contribution is -2.43. The lowest BCUT2D eigenvalue weighted by molar-refractivity contribution is 0.0997. The molecule has 1 saturated heterocycles. The second kappa shape index (κ2) is 8.08. The number of nitrogens with one attached hydrogen (secondary N) is 1. The Hall–Kier alpha value is -2.77. The number of rotatable bonds is 5. The number of aromatic nitrogens is 1. The second-order valence-electron chi connectivity index (χ2n) is 6.76. The summed E-state index contributed by atoms with van der Waals surface area (Å²) in [5.41, 5.74) is 9.23. The maximum absolute atomic E-state index is 13.2. The fourth-order valence-corrected chi connectivity index (χ4v) is 4.14. The number of nitrogens with zero attached hydrogens (tertiary/aromatic N) is 2. The number of Topliss-reactive ketones (excluding diaryl/α,β-unsaturated/α-hetero) is 1. The maximum atomic E-state index is 13.2. The molecular weight excluding hydrogens is 375 g/mol. The van der Waals surface area contributed by atoms with Gasteiger partial charge in [0.1, 0.15) is 5.82 Å². The van der Waals surface area contributed by atoms with Crippen LogP contribution >= 0.6 is 11.3 Å². The largest absolute Gasteiger partial charge is 0.398 e. The van der Waals surface area contributed by atoms with Gasteiger partial charge < -0.3 is 16.0 Å². The second-order valence-corrected chi connectivity index (χ2v) is 7.77. The predicted octanol–water partition coefficient (Wildman–Crippen LogP) is 3.37. The molecule has 2 heterocycles. The quantitative estimate of drug-likeness (QED) is 0.511. The van der Waals surface area contributed by atoms with Crippen molar-refractivity contribution in [1.29, 1.82) is 0 Å². The van der Waals surface area contributed by atoms with Gasteiger partial charge in [-0.2, -0.15) is 0 Å². The molecule has 0 aliphatic carbocycles. The first-order valence-corrected chi connectivity index (χ1v) is 10.0. The first-order valence-electron chi connectivity index (χ1n) is 9.19. The van der Waals surface area contributed by atoms with Gasteiger partial charge in [0.15, 0.2) is 10.9 Å². The Morgan fingerprint density at radius 1 is 1.14 bits per heavy atom. The van der Waals surface area contributed by atoms with Crippen molar-refractivity contribution in [3.8, 4) is 11.1 Å². The van der Waals surface area contributed by atoms with Gasteiger partial charge in [0.05, 0.1) is 11.1 Å². The molecule has 4 rings (SSSR count). The number of ketones is 1. The number of benzene rings is 2. The third-order valence-electron chi connectivity index (χ3n) is 4.83. The fourth-order valence-electron chi connectivity index (χ4n) is 3.24. The molecule has 1 aromatic heterocycles. The number of carbonyl (C=O) groups is 1. The molecule has 3 N–H and O–H groups in total. The molecule has 0 unspecified atom stereocenters. The van der Waals surface area contributed by atoms with Crippen molar-refractivity contribution in [2.24, 2.45) is 0 Å². The summed E-state index contributed by atoms with van der Waals surface area (Å²) in [7, 11) is 0. The van der Waals surface area contributed by atoms with E-state index in [1.165, 1.54) is 23.5 Å². The molecule has 144 valence electrons. The topological polar surface area (TPSA) is 71.2 Å². The molecule has 0 amide bonds. The van der Waals surface area contributed by atoms with Crippen molar-refractivity contribution in [3.05, 3.63) is 64.9 Å². The minimum atomic E-state index is -0.278. The summed E-state index contributed by atoms with van der Waals surface area (Å²) in [6, 6.07) is 11.9.